The molecular formula is C14H18N6O3S. The Morgan fingerprint density at radius 2 is 1.96 bits per heavy atom. The summed E-state index contributed by atoms with van der Waals surface area (Å²) in [6.45, 7) is 3.16. The molecule has 128 valence electrons. The van der Waals surface area contributed by atoms with Gasteiger partial charge in [0.2, 0.25) is 0 Å². The Bertz CT molecular complexity index is 804. The van der Waals surface area contributed by atoms with Crippen LogP contribution in [0.2, 0.25) is 0 Å². The average Bonchev–Trinajstić information content (AvgIpc) is 3.00. The van der Waals surface area contributed by atoms with E-state index in [9.17, 15) is 13.2 Å². The number of aromatic nitrogens is 4. The van der Waals surface area contributed by atoms with Crippen molar-refractivity contribution >= 4 is 15.9 Å². The molecule has 3 heterocycles. The van der Waals surface area contributed by atoms with Gasteiger partial charge >= 0.3 is 0 Å². The first-order chi connectivity index (χ1) is 11.5. The first-order valence-electron chi connectivity index (χ1n) is 7.55. The molecule has 1 aliphatic heterocycles. The van der Waals surface area contributed by atoms with E-state index in [4.69, 9.17) is 0 Å². The maximum Gasteiger partial charge on any atom is 0.274 e. The van der Waals surface area contributed by atoms with Crippen molar-refractivity contribution in [2.24, 2.45) is 0 Å². The third-order valence-corrected chi connectivity index (χ3v) is 5.66. The van der Waals surface area contributed by atoms with Crippen LogP contribution in [0.3, 0.4) is 0 Å². The minimum absolute atomic E-state index is 0.0617. The summed E-state index contributed by atoms with van der Waals surface area (Å²) >= 11 is 0. The second-order valence-corrected chi connectivity index (χ2v) is 7.42. The molecule has 1 fully saturated rings. The molecule has 1 aliphatic rings. The summed E-state index contributed by atoms with van der Waals surface area (Å²) in [6, 6.07) is 0. The van der Waals surface area contributed by atoms with Crippen LogP contribution in [0.25, 0.3) is 0 Å². The van der Waals surface area contributed by atoms with E-state index in [0.717, 1.165) is 5.69 Å². The molecule has 0 unspecified atom stereocenters. The standard InChI is InChI=1S/C14H18N6O3S/c1-11-7-17-12(8-16-11)14(21)19-3-2-4-20(6-5-19)24(22,23)13-9-15-10-18-13/h7-10H,2-6H2,1H3,(H,15,18). The van der Waals surface area contributed by atoms with Gasteiger partial charge in [-0.1, -0.05) is 0 Å². The van der Waals surface area contributed by atoms with E-state index in [1.165, 1.54) is 23.0 Å². The van der Waals surface area contributed by atoms with E-state index in [2.05, 4.69) is 19.9 Å². The average molecular weight is 350 g/mol. The summed E-state index contributed by atoms with van der Waals surface area (Å²) < 4.78 is 26.4. The van der Waals surface area contributed by atoms with E-state index in [1.54, 1.807) is 18.0 Å². The third kappa shape index (κ3) is 3.29. The van der Waals surface area contributed by atoms with Gasteiger partial charge in [0.15, 0.2) is 5.03 Å². The summed E-state index contributed by atoms with van der Waals surface area (Å²) in [5.41, 5.74) is 1.00. The minimum Gasteiger partial charge on any atom is -0.336 e. The zero-order valence-corrected chi connectivity index (χ0v) is 14.0. The smallest absolute Gasteiger partial charge is 0.274 e. The predicted molar refractivity (Wildman–Crippen MR) is 84.6 cm³/mol. The van der Waals surface area contributed by atoms with Crippen LogP contribution >= 0.6 is 0 Å². The number of aryl methyl sites for hydroxylation is 1. The number of nitrogens with one attached hydrogen (secondary N) is 1. The van der Waals surface area contributed by atoms with Gasteiger partial charge in [-0.2, -0.15) is 4.31 Å². The maximum atomic E-state index is 12.5. The van der Waals surface area contributed by atoms with Crippen molar-refractivity contribution in [3.63, 3.8) is 0 Å². The molecule has 1 saturated heterocycles. The van der Waals surface area contributed by atoms with Crippen LogP contribution in [0.1, 0.15) is 22.6 Å². The number of carbonyl (C=O) groups is 1. The van der Waals surface area contributed by atoms with Crippen molar-refractivity contribution in [2.75, 3.05) is 26.2 Å². The van der Waals surface area contributed by atoms with Gasteiger partial charge < -0.3 is 9.88 Å². The summed E-state index contributed by atoms with van der Waals surface area (Å²) in [6.07, 6.45) is 6.15. The number of sulfonamides is 1. The highest BCUT2D eigenvalue weighted by Gasteiger charge is 2.29. The number of amides is 1. The second kappa shape index (κ2) is 6.65. The molecule has 3 rings (SSSR count). The van der Waals surface area contributed by atoms with E-state index >= 15 is 0 Å². The minimum atomic E-state index is -3.61. The molecule has 24 heavy (non-hydrogen) atoms. The highest BCUT2D eigenvalue weighted by atomic mass is 32.2. The Kier molecular flexibility index (Phi) is 4.58. The van der Waals surface area contributed by atoms with E-state index in [-0.39, 0.29) is 23.2 Å². The number of imidazole rings is 1. The number of hydrogen-bond donors (Lipinski definition) is 1. The zero-order valence-electron chi connectivity index (χ0n) is 13.2. The summed E-state index contributed by atoms with van der Waals surface area (Å²) in [7, 11) is -3.61. The van der Waals surface area contributed by atoms with E-state index in [0.29, 0.717) is 26.1 Å². The Hall–Kier alpha value is -2.33. The van der Waals surface area contributed by atoms with Crippen molar-refractivity contribution < 1.29 is 13.2 Å². The third-order valence-electron chi connectivity index (χ3n) is 3.83. The van der Waals surface area contributed by atoms with Crippen LogP contribution in [-0.2, 0) is 10.0 Å². The Morgan fingerprint density at radius 1 is 1.12 bits per heavy atom. The fraction of sp³-hybridized carbons (Fsp3) is 0.429. The van der Waals surface area contributed by atoms with Gasteiger partial charge in [-0.3, -0.25) is 9.78 Å². The van der Waals surface area contributed by atoms with Crippen LogP contribution in [0.5, 0.6) is 0 Å². The summed E-state index contributed by atoms with van der Waals surface area (Å²) in [5.74, 6) is -0.233. The highest BCUT2D eigenvalue weighted by molar-refractivity contribution is 7.89. The van der Waals surface area contributed by atoms with Crippen molar-refractivity contribution in [2.45, 2.75) is 18.4 Å². The lowest BCUT2D eigenvalue weighted by Crippen LogP contribution is -2.37. The molecule has 0 atom stereocenters. The van der Waals surface area contributed by atoms with Gasteiger partial charge in [-0.05, 0) is 13.3 Å². The van der Waals surface area contributed by atoms with Crippen LogP contribution in [0, 0.1) is 6.92 Å². The lowest BCUT2D eigenvalue weighted by atomic mass is 10.3. The van der Waals surface area contributed by atoms with Gasteiger partial charge in [0.25, 0.3) is 15.9 Å². The molecule has 9 nitrogen and oxygen atoms in total. The molecule has 1 amide bonds. The first kappa shape index (κ1) is 16.5. The van der Waals surface area contributed by atoms with E-state index in [1.807, 2.05) is 0 Å². The summed E-state index contributed by atoms with van der Waals surface area (Å²) in [4.78, 5) is 28.6. The number of H-pyrrole nitrogens is 1. The molecule has 10 heteroatoms. The highest BCUT2D eigenvalue weighted by Crippen LogP contribution is 2.16. The first-order valence-corrected chi connectivity index (χ1v) is 8.99. The Labute approximate surface area is 139 Å². The van der Waals surface area contributed by atoms with Gasteiger partial charge in [0, 0.05) is 32.4 Å². The molecule has 2 aromatic heterocycles. The van der Waals surface area contributed by atoms with Gasteiger partial charge in [-0.25, -0.2) is 18.4 Å². The number of carbonyl (C=O) groups excluding carboxylic acids is 1. The molecule has 0 bridgehead atoms. The quantitative estimate of drug-likeness (QED) is 0.837. The normalized spacial score (nSPS) is 16.8. The number of hydrogen-bond acceptors (Lipinski definition) is 6. The van der Waals surface area contributed by atoms with Crippen LogP contribution in [0.15, 0.2) is 29.9 Å². The molecule has 0 saturated carbocycles. The van der Waals surface area contributed by atoms with Crippen LogP contribution in [0.4, 0.5) is 0 Å². The number of aromatic amines is 1. The molecular weight excluding hydrogens is 332 g/mol. The molecule has 0 aliphatic carbocycles. The van der Waals surface area contributed by atoms with Crippen molar-refractivity contribution in [1.29, 1.82) is 0 Å². The zero-order chi connectivity index (χ0) is 17.2. The summed E-state index contributed by atoms with van der Waals surface area (Å²) in [5, 5.41) is 0.0617. The Balaban J connectivity index is 1.71. The van der Waals surface area contributed by atoms with E-state index < -0.39 is 10.0 Å². The fourth-order valence-electron chi connectivity index (χ4n) is 2.53. The molecule has 2 aromatic rings. The Morgan fingerprint density at radius 3 is 2.62 bits per heavy atom. The molecule has 1 N–H and O–H groups in total. The van der Waals surface area contributed by atoms with Crippen molar-refractivity contribution in [3.05, 3.63) is 36.3 Å². The van der Waals surface area contributed by atoms with Crippen molar-refractivity contribution in [1.82, 2.24) is 29.1 Å². The number of nitrogens with zero attached hydrogens (tertiary/aromatic N) is 5. The SMILES string of the molecule is Cc1cnc(C(=O)N2CCCN(S(=O)(=O)c3cnc[nH]3)CC2)cn1. The lowest BCUT2D eigenvalue weighted by Gasteiger charge is -2.21. The van der Waals surface area contributed by atoms with Gasteiger partial charge in [0.1, 0.15) is 5.69 Å². The predicted octanol–water partition coefficient (Wildman–Crippen LogP) is 0.0449. The fourth-order valence-corrected chi connectivity index (χ4v) is 3.89. The van der Waals surface area contributed by atoms with Crippen LogP contribution in [-0.4, -0.2) is 69.6 Å². The van der Waals surface area contributed by atoms with Gasteiger partial charge in [-0.15, -0.1) is 0 Å². The molecule has 0 radical (unpaired) electrons. The molecule has 0 aromatic carbocycles. The topological polar surface area (TPSA) is 112 Å². The maximum absolute atomic E-state index is 12.5. The van der Waals surface area contributed by atoms with Gasteiger partial charge in [0.05, 0.1) is 24.4 Å². The second-order valence-electron chi connectivity index (χ2n) is 5.51. The lowest BCUT2D eigenvalue weighted by molar-refractivity contribution is 0.0758. The van der Waals surface area contributed by atoms with Crippen LogP contribution < -0.4 is 0 Å². The monoisotopic (exact) mass is 350 g/mol. The largest absolute Gasteiger partial charge is 0.336 e. The van der Waals surface area contributed by atoms with Crippen molar-refractivity contribution in [3.8, 4) is 0 Å². The number of rotatable bonds is 3. The molecule has 0 spiro atoms.